The molecule has 0 bridgehead atoms. The standard InChI is InChI=1S/C11H13N5O2/c1-7-4-8(6-14-9(7)5-12)11(18)10(17)2-3-15-16-13/h4,6,10-11,17-18H,2-3H2,1H3. The molecule has 94 valence electrons. The molecule has 1 aromatic rings. The van der Waals surface area contributed by atoms with Gasteiger partial charge in [-0.15, -0.1) is 0 Å². The topological polar surface area (TPSA) is 126 Å². The lowest BCUT2D eigenvalue weighted by molar-refractivity contribution is 0.0148. The third-order valence-electron chi connectivity index (χ3n) is 2.50. The molecule has 0 amide bonds. The molecule has 1 rings (SSSR count). The molecule has 0 fully saturated rings. The number of aromatic nitrogens is 1. The van der Waals surface area contributed by atoms with Gasteiger partial charge in [-0.05, 0) is 30.5 Å². The van der Waals surface area contributed by atoms with Gasteiger partial charge >= 0.3 is 0 Å². The first-order valence-electron chi connectivity index (χ1n) is 5.33. The van der Waals surface area contributed by atoms with Crippen molar-refractivity contribution in [2.75, 3.05) is 6.54 Å². The minimum absolute atomic E-state index is 0.109. The third kappa shape index (κ3) is 3.43. The zero-order chi connectivity index (χ0) is 13.5. The predicted molar refractivity (Wildman–Crippen MR) is 63.3 cm³/mol. The number of nitriles is 1. The molecule has 0 spiro atoms. The lowest BCUT2D eigenvalue weighted by Crippen LogP contribution is -2.19. The van der Waals surface area contributed by atoms with Gasteiger partial charge in [-0.25, -0.2) is 4.98 Å². The second kappa shape index (κ2) is 6.57. The van der Waals surface area contributed by atoms with Gasteiger partial charge in [0.25, 0.3) is 0 Å². The number of rotatable bonds is 5. The Hall–Kier alpha value is -2.13. The van der Waals surface area contributed by atoms with Gasteiger partial charge in [0.2, 0.25) is 0 Å². The molecule has 0 aliphatic rings. The normalized spacial score (nSPS) is 13.2. The quantitative estimate of drug-likeness (QED) is 0.462. The summed E-state index contributed by atoms with van der Waals surface area (Å²) in [7, 11) is 0. The molecule has 0 saturated heterocycles. The first-order chi connectivity index (χ1) is 8.60. The van der Waals surface area contributed by atoms with Crippen LogP contribution in [-0.4, -0.2) is 27.8 Å². The fourth-order valence-corrected chi connectivity index (χ4v) is 1.49. The van der Waals surface area contributed by atoms with Crippen molar-refractivity contribution in [2.45, 2.75) is 25.6 Å². The summed E-state index contributed by atoms with van der Waals surface area (Å²) in [5, 5.41) is 31.6. The second-order valence-electron chi connectivity index (χ2n) is 3.80. The maximum atomic E-state index is 9.87. The van der Waals surface area contributed by atoms with E-state index in [9.17, 15) is 10.2 Å². The molecule has 2 N–H and O–H groups in total. The van der Waals surface area contributed by atoms with E-state index in [2.05, 4.69) is 15.0 Å². The minimum Gasteiger partial charge on any atom is -0.390 e. The van der Waals surface area contributed by atoms with Gasteiger partial charge in [0.15, 0.2) is 0 Å². The Labute approximate surface area is 104 Å². The number of nitrogens with zero attached hydrogens (tertiary/aromatic N) is 5. The van der Waals surface area contributed by atoms with Gasteiger partial charge < -0.3 is 10.2 Å². The van der Waals surface area contributed by atoms with Crippen molar-refractivity contribution in [3.05, 3.63) is 39.5 Å². The van der Waals surface area contributed by atoms with Crippen molar-refractivity contribution >= 4 is 0 Å². The summed E-state index contributed by atoms with van der Waals surface area (Å²) in [5.41, 5.74) is 9.45. The lowest BCUT2D eigenvalue weighted by atomic mass is 10.0. The van der Waals surface area contributed by atoms with Gasteiger partial charge in [0, 0.05) is 23.2 Å². The molecule has 18 heavy (non-hydrogen) atoms. The van der Waals surface area contributed by atoms with Crippen LogP contribution in [0.2, 0.25) is 0 Å². The van der Waals surface area contributed by atoms with Crippen molar-refractivity contribution in [2.24, 2.45) is 5.11 Å². The molecule has 0 radical (unpaired) electrons. The van der Waals surface area contributed by atoms with Crippen LogP contribution in [0.5, 0.6) is 0 Å². The Morgan fingerprint density at radius 1 is 1.61 bits per heavy atom. The number of hydrogen-bond donors (Lipinski definition) is 2. The Bertz CT molecular complexity index is 505. The van der Waals surface area contributed by atoms with E-state index in [0.29, 0.717) is 11.1 Å². The summed E-state index contributed by atoms with van der Waals surface area (Å²) >= 11 is 0. The smallest absolute Gasteiger partial charge is 0.143 e. The van der Waals surface area contributed by atoms with Crippen LogP contribution in [0, 0.1) is 18.3 Å². The fourth-order valence-electron chi connectivity index (χ4n) is 1.49. The molecule has 1 aromatic heterocycles. The summed E-state index contributed by atoms with van der Waals surface area (Å²) in [6.45, 7) is 1.81. The number of aliphatic hydroxyl groups excluding tert-OH is 2. The average Bonchev–Trinajstić information content (AvgIpc) is 2.38. The van der Waals surface area contributed by atoms with Crippen molar-refractivity contribution < 1.29 is 10.2 Å². The van der Waals surface area contributed by atoms with E-state index in [4.69, 9.17) is 10.8 Å². The largest absolute Gasteiger partial charge is 0.390 e. The Balaban J connectivity index is 2.77. The highest BCUT2D eigenvalue weighted by Crippen LogP contribution is 2.20. The van der Waals surface area contributed by atoms with Gasteiger partial charge in [-0.1, -0.05) is 5.11 Å². The number of aryl methyl sites for hydroxylation is 1. The van der Waals surface area contributed by atoms with E-state index in [-0.39, 0.29) is 18.7 Å². The summed E-state index contributed by atoms with van der Waals surface area (Å²) in [5.74, 6) is 0. The van der Waals surface area contributed by atoms with Crippen LogP contribution in [-0.2, 0) is 0 Å². The number of hydrogen-bond acceptors (Lipinski definition) is 5. The van der Waals surface area contributed by atoms with E-state index in [1.807, 2.05) is 6.07 Å². The maximum absolute atomic E-state index is 9.87. The monoisotopic (exact) mass is 247 g/mol. The highest BCUT2D eigenvalue weighted by molar-refractivity contribution is 5.33. The van der Waals surface area contributed by atoms with Gasteiger partial charge in [0.05, 0.1) is 6.10 Å². The molecule has 2 unspecified atom stereocenters. The fraction of sp³-hybridized carbons (Fsp3) is 0.455. The van der Waals surface area contributed by atoms with Crippen molar-refractivity contribution in [3.63, 3.8) is 0 Å². The third-order valence-corrected chi connectivity index (χ3v) is 2.50. The molecule has 0 aliphatic heterocycles. The van der Waals surface area contributed by atoms with Crippen LogP contribution in [0.4, 0.5) is 0 Å². The first-order valence-corrected chi connectivity index (χ1v) is 5.33. The molecule has 7 nitrogen and oxygen atoms in total. The second-order valence-corrected chi connectivity index (χ2v) is 3.80. The lowest BCUT2D eigenvalue weighted by Gasteiger charge is -2.17. The Morgan fingerprint density at radius 3 is 2.89 bits per heavy atom. The van der Waals surface area contributed by atoms with Crippen LogP contribution < -0.4 is 0 Å². The van der Waals surface area contributed by atoms with Crippen LogP contribution in [0.3, 0.4) is 0 Å². The molecule has 7 heteroatoms. The highest BCUT2D eigenvalue weighted by Gasteiger charge is 2.18. The van der Waals surface area contributed by atoms with E-state index in [1.54, 1.807) is 13.0 Å². The zero-order valence-electron chi connectivity index (χ0n) is 9.85. The van der Waals surface area contributed by atoms with E-state index in [0.717, 1.165) is 0 Å². The zero-order valence-corrected chi connectivity index (χ0v) is 9.85. The van der Waals surface area contributed by atoms with Crippen LogP contribution in [0.1, 0.15) is 29.3 Å². The SMILES string of the molecule is Cc1cc(C(O)C(O)CCN=[N+]=[N-])cnc1C#N. The van der Waals surface area contributed by atoms with Crippen LogP contribution >= 0.6 is 0 Å². The predicted octanol–water partition coefficient (Wildman–Crippen LogP) is 1.36. The van der Waals surface area contributed by atoms with Gasteiger partial charge in [-0.2, -0.15) is 5.26 Å². The molecule has 0 aliphatic carbocycles. The highest BCUT2D eigenvalue weighted by atomic mass is 16.3. The van der Waals surface area contributed by atoms with Gasteiger partial charge in [0.1, 0.15) is 17.9 Å². The molecular weight excluding hydrogens is 234 g/mol. The van der Waals surface area contributed by atoms with E-state index >= 15 is 0 Å². The Kier molecular flexibility index (Phi) is 5.08. The van der Waals surface area contributed by atoms with Crippen LogP contribution in [0.15, 0.2) is 17.4 Å². The molecular formula is C11H13N5O2. The molecule has 1 heterocycles. The number of azide groups is 1. The first kappa shape index (κ1) is 13.9. The van der Waals surface area contributed by atoms with Crippen molar-refractivity contribution in [1.29, 1.82) is 5.26 Å². The molecule has 2 atom stereocenters. The van der Waals surface area contributed by atoms with E-state index in [1.165, 1.54) is 6.20 Å². The molecule has 0 saturated carbocycles. The van der Waals surface area contributed by atoms with Crippen molar-refractivity contribution in [3.8, 4) is 6.07 Å². The number of pyridine rings is 1. The Morgan fingerprint density at radius 2 is 2.33 bits per heavy atom. The van der Waals surface area contributed by atoms with Crippen molar-refractivity contribution in [1.82, 2.24) is 4.98 Å². The molecule has 0 aromatic carbocycles. The summed E-state index contributed by atoms with van der Waals surface area (Å²) in [6.07, 6.45) is -0.639. The summed E-state index contributed by atoms with van der Waals surface area (Å²) in [4.78, 5) is 6.44. The van der Waals surface area contributed by atoms with Crippen LogP contribution in [0.25, 0.3) is 10.4 Å². The summed E-state index contributed by atoms with van der Waals surface area (Å²) in [6, 6.07) is 3.53. The average molecular weight is 247 g/mol. The summed E-state index contributed by atoms with van der Waals surface area (Å²) < 4.78 is 0. The number of aliphatic hydroxyl groups is 2. The minimum atomic E-state index is -1.11. The van der Waals surface area contributed by atoms with Gasteiger partial charge in [-0.3, -0.25) is 0 Å². The maximum Gasteiger partial charge on any atom is 0.143 e. The van der Waals surface area contributed by atoms with E-state index < -0.39 is 12.2 Å².